The second kappa shape index (κ2) is 4.80. The molecule has 1 nitrogen and oxygen atoms in total. The SMILES string of the molecule is CC(C)c1ccc(-c2ccc(N)c(Cl)c2)cc1. The molecule has 2 aromatic rings. The summed E-state index contributed by atoms with van der Waals surface area (Å²) in [4.78, 5) is 0. The Labute approximate surface area is 107 Å². The number of anilines is 1. The van der Waals surface area contributed by atoms with Crippen molar-refractivity contribution in [2.75, 3.05) is 5.73 Å². The first-order valence-corrected chi connectivity index (χ1v) is 6.11. The first kappa shape index (κ1) is 12.0. The van der Waals surface area contributed by atoms with Crippen molar-refractivity contribution in [2.45, 2.75) is 19.8 Å². The normalized spacial score (nSPS) is 10.8. The molecule has 0 saturated heterocycles. The molecular formula is C15H16ClN. The van der Waals surface area contributed by atoms with Gasteiger partial charge in [-0.05, 0) is 34.7 Å². The minimum atomic E-state index is 0.555. The lowest BCUT2D eigenvalue weighted by atomic mass is 9.99. The van der Waals surface area contributed by atoms with Crippen molar-refractivity contribution in [3.05, 3.63) is 53.1 Å². The quantitative estimate of drug-likeness (QED) is 0.762. The van der Waals surface area contributed by atoms with Crippen LogP contribution in [-0.2, 0) is 0 Å². The van der Waals surface area contributed by atoms with E-state index in [0.29, 0.717) is 16.6 Å². The highest BCUT2D eigenvalue weighted by Gasteiger charge is 2.03. The van der Waals surface area contributed by atoms with Gasteiger partial charge in [0.25, 0.3) is 0 Å². The largest absolute Gasteiger partial charge is 0.398 e. The molecule has 2 aromatic carbocycles. The second-order valence-electron chi connectivity index (χ2n) is 4.51. The van der Waals surface area contributed by atoms with Gasteiger partial charge >= 0.3 is 0 Å². The van der Waals surface area contributed by atoms with Crippen molar-refractivity contribution in [3.63, 3.8) is 0 Å². The molecule has 0 spiro atoms. The van der Waals surface area contributed by atoms with Crippen molar-refractivity contribution < 1.29 is 0 Å². The van der Waals surface area contributed by atoms with Gasteiger partial charge in [0.2, 0.25) is 0 Å². The van der Waals surface area contributed by atoms with Crippen LogP contribution < -0.4 is 5.73 Å². The molecule has 17 heavy (non-hydrogen) atoms. The van der Waals surface area contributed by atoms with Crippen LogP contribution in [0, 0.1) is 0 Å². The molecule has 88 valence electrons. The minimum Gasteiger partial charge on any atom is -0.398 e. The van der Waals surface area contributed by atoms with Crippen molar-refractivity contribution in [2.24, 2.45) is 0 Å². The van der Waals surface area contributed by atoms with Gasteiger partial charge in [0.15, 0.2) is 0 Å². The third-order valence-corrected chi connectivity index (χ3v) is 3.24. The average Bonchev–Trinajstić information content (AvgIpc) is 2.33. The summed E-state index contributed by atoms with van der Waals surface area (Å²) in [6.07, 6.45) is 0. The predicted octanol–water partition coefficient (Wildman–Crippen LogP) is 4.71. The lowest BCUT2D eigenvalue weighted by Gasteiger charge is -2.08. The van der Waals surface area contributed by atoms with E-state index >= 15 is 0 Å². The van der Waals surface area contributed by atoms with Crippen LogP contribution in [0.4, 0.5) is 5.69 Å². The number of benzene rings is 2. The Morgan fingerprint density at radius 2 is 1.53 bits per heavy atom. The number of nitrogen functional groups attached to an aromatic ring is 1. The number of rotatable bonds is 2. The lowest BCUT2D eigenvalue weighted by Crippen LogP contribution is -1.88. The maximum Gasteiger partial charge on any atom is 0.0641 e. The zero-order chi connectivity index (χ0) is 12.4. The van der Waals surface area contributed by atoms with E-state index in [1.807, 2.05) is 18.2 Å². The summed E-state index contributed by atoms with van der Waals surface area (Å²) in [7, 11) is 0. The Bertz CT molecular complexity index is 515. The van der Waals surface area contributed by atoms with Crippen molar-refractivity contribution in [1.82, 2.24) is 0 Å². The first-order valence-electron chi connectivity index (χ1n) is 5.73. The fourth-order valence-corrected chi connectivity index (χ4v) is 1.95. The maximum atomic E-state index is 6.02. The zero-order valence-electron chi connectivity index (χ0n) is 10.1. The monoisotopic (exact) mass is 245 g/mol. The van der Waals surface area contributed by atoms with Gasteiger partial charge in [-0.25, -0.2) is 0 Å². The molecule has 2 heteroatoms. The van der Waals surface area contributed by atoms with Crippen LogP contribution in [0.5, 0.6) is 0 Å². The number of nitrogens with two attached hydrogens (primary N) is 1. The van der Waals surface area contributed by atoms with E-state index in [0.717, 1.165) is 11.1 Å². The Kier molecular flexibility index (Phi) is 3.39. The molecule has 0 amide bonds. The predicted molar refractivity (Wildman–Crippen MR) is 75.4 cm³/mol. The highest BCUT2D eigenvalue weighted by molar-refractivity contribution is 6.33. The van der Waals surface area contributed by atoms with E-state index in [4.69, 9.17) is 17.3 Å². The highest BCUT2D eigenvalue weighted by Crippen LogP contribution is 2.28. The van der Waals surface area contributed by atoms with Crippen LogP contribution in [0.25, 0.3) is 11.1 Å². The maximum absolute atomic E-state index is 6.02. The Morgan fingerprint density at radius 3 is 2.06 bits per heavy atom. The summed E-state index contributed by atoms with van der Waals surface area (Å²) < 4.78 is 0. The summed E-state index contributed by atoms with van der Waals surface area (Å²) >= 11 is 6.02. The summed E-state index contributed by atoms with van der Waals surface area (Å²) in [5.41, 5.74) is 9.92. The fourth-order valence-electron chi connectivity index (χ4n) is 1.77. The van der Waals surface area contributed by atoms with Crippen molar-refractivity contribution >= 4 is 17.3 Å². The van der Waals surface area contributed by atoms with Gasteiger partial charge in [0, 0.05) is 0 Å². The molecule has 0 heterocycles. The van der Waals surface area contributed by atoms with E-state index in [1.165, 1.54) is 5.56 Å². The molecule has 0 bridgehead atoms. The van der Waals surface area contributed by atoms with Crippen LogP contribution in [0.3, 0.4) is 0 Å². The third-order valence-electron chi connectivity index (χ3n) is 2.91. The lowest BCUT2D eigenvalue weighted by molar-refractivity contribution is 0.867. The van der Waals surface area contributed by atoms with Crippen LogP contribution in [0.1, 0.15) is 25.3 Å². The Morgan fingerprint density at radius 1 is 0.941 bits per heavy atom. The van der Waals surface area contributed by atoms with E-state index in [1.54, 1.807) is 0 Å². The number of hydrogen-bond donors (Lipinski definition) is 1. The topological polar surface area (TPSA) is 26.0 Å². The van der Waals surface area contributed by atoms with Crippen LogP contribution in [-0.4, -0.2) is 0 Å². The molecule has 0 aliphatic rings. The zero-order valence-corrected chi connectivity index (χ0v) is 10.8. The fraction of sp³-hybridized carbons (Fsp3) is 0.200. The Balaban J connectivity index is 2.36. The first-order chi connectivity index (χ1) is 8.08. The van der Waals surface area contributed by atoms with Gasteiger partial charge in [-0.3, -0.25) is 0 Å². The molecule has 0 aliphatic carbocycles. The highest BCUT2D eigenvalue weighted by atomic mass is 35.5. The molecule has 0 aliphatic heterocycles. The molecule has 0 atom stereocenters. The molecular weight excluding hydrogens is 230 g/mol. The molecule has 0 radical (unpaired) electrons. The molecule has 0 saturated carbocycles. The third kappa shape index (κ3) is 2.62. The van der Waals surface area contributed by atoms with E-state index in [2.05, 4.69) is 38.1 Å². The summed E-state index contributed by atoms with van der Waals surface area (Å²) in [6, 6.07) is 14.3. The van der Waals surface area contributed by atoms with Crippen LogP contribution in [0.2, 0.25) is 5.02 Å². The number of hydrogen-bond acceptors (Lipinski definition) is 1. The minimum absolute atomic E-state index is 0.555. The molecule has 0 fully saturated rings. The number of halogens is 1. The molecule has 0 aromatic heterocycles. The standard InChI is InChI=1S/C15H16ClN/c1-10(2)11-3-5-12(6-4-11)13-7-8-15(17)14(16)9-13/h3-10H,17H2,1-2H3. The van der Waals surface area contributed by atoms with Gasteiger partial charge in [0.1, 0.15) is 0 Å². The average molecular weight is 246 g/mol. The molecule has 2 rings (SSSR count). The van der Waals surface area contributed by atoms with Crippen LogP contribution >= 0.6 is 11.6 Å². The molecule has 2 N–H and O–H groups in total. The van der Waals surface area contributed by atoms with Gasteiger partial charge in [0.05, 0.1) is 10.7 Å². The summed E-state index contributed by atoms with van der Waals surface area (Å²) in [5.74, 6) is 0.555. The van der Waals surface area contributed by atoms with Gasteiger partial charge in [-0.1, -0.05) is 55.8 Å². The Hall–Kier alpha value is -1.47. The van der Waals surface area contributed by atoms with Gasteiger partial charge < -0.3 is 5.73 Å². The van der Waals surface area contributed by atoms with Crippen molar-refractivity contribution in [3.8, 4) is 11.1 Å². The van der Waals surface area contributed by atoms with E-state index in [9.17, 15) is 0 Å². The van der Waals surface area contributed by atoms with Gasteiger partial charge in [-0.2, -0.15) is 0 Å². The molecule has 0 unspecified atom stereocenters. The smallest absolute Gasteiger partial charge is 0.0641 e. The van der Waals surface area contributed by atoms with E-state index < -0.39 is 0 Å². The summed E-state index contributed by atoms with van der Waals surface area (Å²) in [5, 5.41) is 0.607. The van der Waals surface area contributed by atoms with Crippen molar-refractivity contribution in [1.29, 1.82) is 0 Å². The van der Waals surface area contributed by atoms with E-state index in [-0.39, 0.29) is 0 Å². The van der Waals surface area contributed by atoms with Gasteiger partial charge in [-0.15, -0.1) is 0 Å². The summed E-state index contributed by atoms with van der Waals surface area (Å²) in [6.45, 7) is 4.38. The van der Waals surface area contributed by atoms with Crippen LogP contribution in [0.15, 0.2) is 42.5 Å². The second-order valence-corrected chi connectivity index (χ2v) is 4.92.